The van der Waals surface area contributed by atoms with Crippen LogP contribution in [-0.2, 0) is 0 Å². The van der Waals surface area contributed by atoms with Crippen LogP contribution < -0.4 is 16.0 Å². The van der Waals surface area contributed by atoms with Gasteiger partial charge in [0.1, 0.15) is 0 Å². The SMILES string of the molecule is CN(CCC(CCN(C)C(=O)Nc1c(I)c(C(=O)N(CC(O)CO)CC(O)CO)c(I)c(C(=O)N(CC(O)CO)CC(O)CO)c1I)CCN(C)C(=O)Nc1c(I)c(C(=O)N(CC(O)CO)CC(O)CO)c(I)c(C(=O)N(CC(O)CO)CC(O)CO)c1I)C(=O)Nc1c(I)c(C(=O)N(CCCO)CC(O)CO)c(I)c(C(=O)N(CC(O)CO)CC(O)CO)c1I. The Labute approximate surface area is 847 Å². The molecule has 0 saturated heterocycles. The van der Waals surface area contributed by atoms with E-state index in [0.717, 1.165) is 29.4 Å². The quantitative estimate of drug-likeness (QED) is 0.0237. The summed E-state index contributed by atoms with van der Waals surface area (Å²) in [4.78, 5) is 144. The first-order chi connectivity index (χ1) is 59.2. The van der Waals surface area contributed by atoms with Gasteiger partial charge < -0.3 is 177 Å². The van der Waals surface area contributed by atoms with E-state index in [4.69, 9.17) is 0 Å². The molecule has 0 aliphatic rings. The minimum Gasteiger partial charge on any atom is -0.396 e. The van der Waals surface area contributed by atoms with E-state index in [1.54, 1.807) is 203 Å². The maximum Gasteiger partial charge on any atom is 0.321 e. The van der Waals surface area contributed by atoms with Crippen molar-refractivity contribution in [3.63, 3.8) is 0 Å². The first kappa shape index (κ1) is 118. The van der Waals surface area contributed by atoms with Crippen molar-refractivity contribution in [2.45, 2.75) is 92.8 Å². The summed E-state index contributed by atoms with van der Waals surface area (Å²) in [6.45, 7) is -17.9. The number of hydrogen-bond acceptors (Lipinski definition) is 32. The monoisotopic (exact) mass is 2810 g/mol. The van der Waals surface area contributed by atoms with E-state index in [2.05, 4.69) is 16.0 Å². The number of aliphatic hydroxyl groups is 23. The second kappa shape index (κ2) is 59.1. The molecule has 0 heterocycles. The largest absolute Gasteiger partial charge is 0.396 e. The van der Waals surface area contributed by atoms with Gasteiger partial charge in [-0.05, 0) is 235 Å². The Morgan fingerprint density at radius 3 is 0.548 bits per heavy atom. The highest BCUT2D eigenvalue weighted by Gasteiger charge is 2.40. The number of rotatable bonds is 54. The predicted octanol–water partition coefficient (Wildman–Crippen LogP) is -4.37. The molecule has 0 fully saturated rings. The molecule has 3 aromatic rings. The Balaban J connectivity index is 2.47. The fraction of sp³-hybridized carbons (Fsp3) is 0.630. The molecular weight excluding hydrogens is 2700 g/mol. The third-order valence-corrected chi connectivity index (χ3v) is 28.7. The van der Waals surface area contributed by atoms with E-state index < -0.39 is 278 Å². The molecule has 53 heteroatoms. The fourth-order valence-electron chi connectivity index (χ4n) is 12.0. The zero-order chi connectivity index (χ0) is 95.8. The zero-order valence-electron chi connectivity index (χ0n) is 68.2. The summed E-state index contributed by atoms with van der Waals surface area (Å²) in [5.74, 6) is -6.61. The topological polar surface area (TPSA) is 684 Å². The molecule has 0 spiro atoms. The summed E-state index contributed by atoms with van der Waals surface area (Å²) in [6, 6.07) is -2.75. The van der Waals surface area contributed by atoms with E-state index in [1.807, 2.05) is 0 Å². The van der Waals surface area contributed by atoms with Crippen LogP contribution >= 0.6 is 203 Å². The van der Waals surface area contributed by atoms with Gasteiger partial charge in [-0.3, -0.25) is 28.8 Å². The van der Waals surface area contributed by atoms with Gasteiger partial charge in [0.25, 0.3) is 35.4 Å². The Hall–Kier alpha value is -2.06. The number of urea groups is 3. The van der Waals surface area contributed by atoms with Crippen LogP contribution in [0.25, 0.3) is 0 Å². The summed E-state index contributed by atoms with van der Waals surface area (Å²) in [7, 11) is 4.05. The van der Waals surface area contributed by atoms with E-state index in [9.17, 15) is 161 Å². The molecule has 26 N–H and O–H groups in total. The fourth-order valence-corrected chi connectivity index (χ4v) is 25.1. The van der Waals surface area contributed by atoms with Gasteiger partial charge in [0, 0.05) is 137 Å². The highest BCUT2D eigenvalue weighted by molar-refractivity contribution is 14.1. The lowest BCUT2D eigenvalue weighted by Crippen LogP contribution is -2.46. The van der Waals surface area contributed by atoms with Gasteiger partial charge >= 0.3 is 18.1 Å². The number of carbonyl (C=O) groups excluding carboxylic acids is 9. The van der Waals surface area contributed by atoms with Gasteiger partial charge in [-0.1, -0.05) is 0 Å². The average molecular weight is 2810 g/mol. The molecule has 0 radical (unpaired) electrons. The Morgan fingerprint density at radius 1 is 0.246 bits per heavy atom. The summed E-state index contributed by atoms with van der Waals surface area (Å²) in [6.07, 6.45) is -17.8. The average Bonchev–Trinajstić information content (AvgIpc) is 0.765. The van der Waals surface area contributed by atoms with Gasteiger partial charge in [0.05, 0.1) is 212 Å². The molecule has 12 amide bonds. The molecule has 44 nitrogen and oxygen atoms in total. The van der Waals surface area contributed by atoms with Crippen molar-refractivity contribution in [3.8, 4) is 0 Å². The third kappa shape index (κ3) is 34.6. The van der Waals surface area contributed by atoms with Crippen LogP contribution in [-0.4, -0.2) is 481 Å². The molecule has 3 aromatic carbocycles. The molecule has 126 heavy (non-hydrogen) atoms. The first-order valence-corrected chi connectivity index (χ1v) is 48.2. The van der Waals surface area contributed by atoms with Gasteiger partial charge in [-0.25, -0.2) is 14.4 Å². The van der Waals surface area contributed by atoms with Gasteiger partial charge in [0.15, 0.2) is 0 Å². The maximum absolute atomic E-state index is 15.0. The second-order valence-electron chi connectivity index (χ2n) is 29.1. The number of nitrogens with one attached hydrogen (secondary N) is 3. The van der Waals surface area contributed by atoms with Crippen molar-refractivity contribution in [1.82, 2.24) is 44.1 Å². The summed E-state index contributed by atoms with van der Waals surface area (Å²) >= 11 is 15.4. The molecule has 11 atom stereocenters. The Kier molecular flexibility index (Phi) is 55.4. The van der Waals surface area contributed by atoms with Crippen LogP contribution in [0.4, 0.5) is 31.4 Å². The van der Waals surface area contributed by atoms with Crippen LogP contribution in [0.5, 0.6) is 0 Å². The Morgan fingerprint density at radius 2 is 0.397 bits per heavy atom. The van der Waals surface area contributed by atoms with Gasteiger partial charge in [0.2, 0.25) is 0 Å². The molecule has 11 unspecified atom stereocenters. The number of carbonyl (C=O) groups is 9. The van der Waals surface area contributed by atoms with Crippen LogP contribution in [0.2, 0.25) is 0 Å². The molecule has 0 aromatic heterocycles. The molecule has 3 rings (SSSR count). The molecule has 0 bridgehead atoms. The number of aliphatic hydroxyl groups excluding tert-OH is 23. The predicted molar refractivity (Wildman–Crippen MR) is 527 cm³/mol. The van der Waals surface area contributed by atoms with E-state index in [-0.39, 0.29) is 134 Å². The van der Waals surface area contributed by atoms with Crippen molar-refractivity contribution < 1.29 is 161 Å². The number of amides is 12. The van der Waals surface area contributed by atoms with Crippen LogP contribution in [0.1, 0.15) is 87.8 Å². The number of anilines is 3. The highest BCUT2D eigenvalue weighted by Crippen LogP contribution is 2.42. The van der Waals surface area contributed by atoms with E-state index in [0.29, 0.717) is 0 Å². The molecule has 0 aliphatic heterocycles. The standard InChI is InChI=1S/C73H109I9N12O32/c1-86(71(124)83-62-56(77)47(65(118)89(8-4-12-95)13-36(107)24-96)53(74)48(57(62)78)66(119)90(14-37(108)25-97)15-38(109)26-98)9-5-35(6-10-87(2)72(125)84-63-58(79)49(67(120)91(16-39(110)27-99)17-40(111)28-100)54(75)50(59(63)80)68(121)92(18-41(112)29-101)19-42(113)30-102)7-11-88(3)73(126)85-64-60(81)51(69(122)93(20-43(114)31-103)21-44(115)32-104)55(76)52(61(64)82)70(123)94(22-45(116)33-105)23-46(117)34-106/h35-46,95-117H,4-34H2,1-3H3,(H,83,124)(H,84,125)(H,85,126). The van der Waals surface area contributed by atoms with Crippen molar-refractivity contribution in [2.75, 3.05) is 215 Å². The summed E-state index contributed by atoms with van der Waals surface area (Å²) < 4.78 is -0.563. The van der Waals surface area contributed by atoms with Crippen LogP contribution in [0, 0.1) is 38.0 Å². The minimum absolute atomic E-state index is 0.0153. The highest BCUT2D eigenvalue weighted by atomic mass is 127. The molecule has 0 saturated carbocycles. The van der Waals surface area contributed by atoms with Crippen molar-refractivity contribution in [2.24, 2.45) is 5.92 Å². The van der Waals surface area contributed by atoms with Crippen LogP contribution in [0.3, 0.4) is 0 Å². The second-order valence-corrected chi connectivity index (χ2v) is 38.8. The lowest BCUT2D eigenvalue weighted by atomic mass is 9.96. The minimum atomic E-state index is -1.62. The summed E-state index contributed by atoms with van der Waals surface area (Å²) in [5, 5.41) is 244. The van der Waals surface area contributed by atoms with Crippen molar-refractivity contribution >= 4 is 274 Å². The first-order valence-electron chi connectivity index (χ1n) is 38.5. The maximum atomic E-state index is 15.0. The number of halogens is 9. The zero-order valence-corrected chi connectivity index (χ0v) is 87.7. The third-order valence-electron chi connectivity index (χ3n) is 19.0. The smallest absolute Gasteiger partial charge is 0.321 e. The summed E-state index contributed by atoms with van der Waals surface area (Å²) in [5.41, 5.74) is -2.48. The molecular formula is C73H109I9N12O32. The molecule has 0 aliphatic carbocycles. The lowest BCUT2D eigenvalue weighted by molar-refractivity contribution is 0.0203. The van der Waals surface area contributed by atoms with Crippen molar-refractivity contribution in [1.29, 1.82) is 0 Å². The van der Waals surface area contributed by atoms with E-state index in [1.165, 1.54) is 35.8 Å². The van der Waals surface area contributed by atoms with Crippen LogP contribution in [0.15, 0.2) is 0 Å². The number of hydrogen-bond donors (Lipinski definition) is 26. The number of nitrogens with zero attached hydrogens (tertiary/aromatic N) is 9. The lowest BCUT2D eigenvalue weighted by Gasteiger charge is -2.31. The van der Waals surface area contributed by atoms with Crippen molar-refractivity contribution in [3.05, 3.63) is 65.5 Å². The molecule has 716 valence electrons. The van der Waals surface area contributed by atoms with Gasteiger partial charge in [-0.2, -0.15) is 0 Å². The number of benzene rings is 3. The Bertz CT molecular complexity index is 3750. The van der Waals surface area contributed by atoms with Gasteiger partial charge in [-0.15, -0.1) is 0 Å². The van der Waals surface area contributed by atoms with E-state index >= 15 is 0 Å². The normalized spacial score (nSPS) is 14.4.